The van der Waals surface area contributed by atoms with Crippen LogP contribution < -0.4 is 11.5 Å². The van der Waals surface area contributed by atoms with Gasteiger partial charge in [0.05, 0.1) is 0 Å². The number of phosphoric acid groups is 1. The topological polar surface area (TPSA) is 128 Å². The summed E-state index contributed by atoms with van der Waals surface area (Å²) in [6.45, 7) is 2.60. The number of rotatable bonds is 7. The molecule has 0 aliphatic heterocycles. The summed E-state index contributed by atoms with van der Waals surface area (Å²) in [4.78, 5) is 18.2. The number of hydrogen-bond donors (Lipinski definition) is 4. The van der Waals surface area contributed by atoms with Crippen LogP contribution in [0, 0.1) is 0 Å². The molecule has 120 valence electrons. The molecule has 0 rings (SSSR count). The van der Waals surface area contributed by atoms with Crippen molar-refractivity contribution in [3.05, 3.63) is 0 Å². The third-order valence-electron chi connectivity index (χ3n) is 1.33. The van der Waals surface area contributed by atoms with Gasteiger partial charge in [-0.3, -0.25) is 0 Å². The average molecular weight is 310 g/mol. The van der Waals surface area contributed by atoms with Gasteiger partial charge in [-0.2, -0.15) is 13.7 Å². The van der Waals surface area contributed by atoms with Gasteiger partial charge in [-0.25, -0.2) is 4.57 Å². The fourth-order valence-electron chi connectivity index (χ4n) is 0.497. The second-order valence-electron chi connectivity index (χ2n) is 3.21. The van der Waals surface area contributed by atoms with Crippen LogP contribution in [0.1, 0.15) is 39.5 Å². The Balaban J connectivity index is -0.000000219. The van der Waals surface area contributed by atoms with E-state index in [4.69, 9.17) is 21.3 Å². The zero-order valence-electron chi connectivity index (χ0n) is 11.3. The van der Waals surface area contributed by atoms with Gasteiger partial charge >= 0.3 is 14.4 Å². The summed E-state index contributed by atoms with van der Waals surface area (Å²) < 4.78 is 34.2. The van der Waals surface area contributed by atoms with E-state index < -0.39 is 14.4 Å². The van der Waals surface area contributed by atoms with E-state index in [1.807, 2.05) is 0 Å². The van der Waals surface area contributed by atoms with Gasteiger partial charge in [0.25, 0.3) is 0 Å². The summed E-state index contributed by atoms with van der Waals surface area (Å²) in [5, 5.41) is 0. The lowest BCUT2D eigenvalue weighted by atomic mass is 10.3. The lowest BCUT2D eigenvalue weighted by Gasteiger charge is -2.01. The average Bonchev–Trinajstić information content (AvgIpc) is 2.29. The van der Waals surface area contributed by atoms with Crippen molar-refractivity contribution in [3.63, 3.8) is 0 Å². The molecule has 0 fully saturated rings. The van der Waals surface area contributed by atoms with Gasteiger partial charge in [0.15, 0.2) is 0 Å². The SMILES string of the molecule is CCCCN.CCCCN.O=P(O)(O)OOC(F)F. The van der Waals surface area contributed by atoms with Gasteiger partial charge in [-0.15, -0.1) is 4.67 Å². The fourth-order valence-corrected chi connectivity index (χ4v) is 0.674. The fraction of sp³-hybridized carbons (Fsp3) is 1.00. The van der Waals surface area contributed by atoms with E-state index in [0.717, 1.165) is 13.1 Å². The van der Waals surface area contributed by atoms with Crippen molar-refractivity contribution in [2.75, 3.05) is 13.1 Å². The van der Waals surface area contributed by atoms with Crippen LogP contribution >= 0.6 is 7.82 Å². The Morgan fingerprint density at radius 1 is 1.11 bits per heavy atom. The lowest BCUT2D eigenvalue weighted by Crippen LogP contribution is -1.98. The molecule has 10 heteroatoms. The third kappa shape index (κ3) is 46.2. The van der Waals surface area contributed by atoms with Crippen LogP contribution in [-0.4, -0.2) is 29.5 Å². The number of unbranched alkanes of at least 4 members (excludes halogenated alkanes) is 2. The molecule has 0 radical (unpaired) electrons. The van der Waals surface area contributed by atoms with Crippen LogP contribution in [-0.2, 0) is 14.1 Å². The van der Waals surface area contributed by atoms with E-state index in [9.17, 15) is 13.3 Å². The molecule has 0 spiro atoms. The van der Waals surface area contributed by atoms with E-state index in [1.165, 1.54) is 25.7 Å². The molecule has 0 saturated heterocycles. The van der Waals surface area contributed by atoms with Crippen molar-refractivity contribution >= 4 is 7.82 Å². The second kappa shape index (κ2) is 17.8. The van der Waals surface area contributed by atoms with Gasteiger partial charge in [-0.1, -0.05) is 26.7 Å². The monoisotopic (exact) mass is 310 g/mol. The van der Waals surface area contributed by atoms with Crippen molar-refractivity contribution in [1.82, 2.24) is 0 Å². The summed E-state index contributed by atoms with van der Waals surface area (Å²) in [6, 6.07) is 0. The Morgan fingerprint density at radius 2 is 1.47 bits per heavy atom. The van der Waals surface area contributed by atoms with Crippen LogP contribution in [0.25, 0.3) is 0 Å². The first-order valence-corrected chi connectivity index (χ1v) is 7.36. The summed E-state index contributed by atoms with van der Waals surface area (Å²) in [5.74, 6) is 0. The quantitative estimate of drug-likeness (QED) is 0.320. The van der Waals surface area contributed by atoms with Crippen LogP contribution in [0.4, 0.5) is 8.78 Å². The molecule has 0 bridgehead atoms. The highest BCUT2D eigenvalue weighted by Gasteiger charge is 2.18. The lowest BCUT2D eigenvalue weighted by molar-refractivity contribution is -0.332. The summed E-state index contributed by atoms with van der Waals surface area (Å²) in [5.41, 5.74) is 10.3. The van der Waals surface area contributed by atoms with E-state index in [0.29, 0.717) is 0 Å². The third-order valence-corrected chi connectivity index (χ3v) is 1.61. The Hall–Kier alpha value is -0.150. The molecule has 0 unspecified atom stereocenters. The number of alkyl halides is 2. The number of hydrogen-bond acceptors (Lipinski definition) is 5. The second-order valence-corrected chi connectivity index (χ2v) is 4.34. The molecule has 0 amide bonds. The minimum Gasteiger partial charge on any atom is -0.330 e. The molecule has 0 aromatic heterocycles. The van der Waals surface area contributed by atoms with Gasteiger partial charge < -0.3 is 21.3 Å². The molecule has 0 aromatic carbocycles. The van der Waals surface area contributed by atoms with E-state index >= 15 is 0 Å². The first-order valence-electron chi connectivity index (χ1n) is 5.83. The van der Waals surface area contributed by atoms with Gasteiger partial charge in [0.2, 0.25) is 0 Å². The van der Waals surface area contributed by atoms with E-state index in [1.54, 1.807) is 0 Å². The molecule has 7 nitrogen and oxygen atoms in total. The smallest absolute Gasteiger partial charge is 0.330 e. The Kier molecular flexibility index (Phi) is 22.5. The molecular weight excluding hydrogens is 285 g/mol. The maximum Gasteiger partial charge on any atom is 0.497 e. The van der Waals surface area contributed by atoms with E-state index in [-0.39, 0.29) is 0 Å². The molecule has 0 aliphatic carbocycles. The summed E-state index contributed by atoms with van der Waals surface area (Å²) in [6.07, 6.45) is 4.77. The molecular formula is C9H25F2N2O5P. The van der Waals surface area contributed by atoms with Crippen molar-refractivity contribution in [2.45, 2.75) is 46.1 Å². The van der Waals surface area contributed by atoms with Crippen LogP contribution in [0.2, 0.25) is 0 Å². The van der Waals surface area contributed by atoms with E-state index in [2.05, 4.69) is 23.4 Å². The Bertz CT molecular complexity index is 197. The van der Waals surface area contributed by atoms with Crippen molar-refractivity contribution in [3.8, 4) is 0 Å². The predicted molar refractivity (Wildman–Crippen MR) is 68.1 cm³/mol. The first-order chi connectivity index (χ1) is 8.74. The Labute approximate surface area is 112 Å². The molecule has 0 aliphatic rings. The maximum absolute atomic E-state index is 10.9. The van der Waals surface area contributed by atoms with Crippen LogP contribution in [0.15, 0.2) is 0 Å². The summed E-state index contributed by atoms with van der Waals surface area (Å²) in [7, 11) is -4.92. The van der Waals surface area contributed by atoms with Gasteiger partial charge in [0.1, 0.15) is 0 Å². The van der Waals surface area contributed by atoms with Crippen molar-refractivity contribution in [2.24, 2.45) is 11.5 Å². The minimum absolute atomic E-state index is 0.844. The zero-order valence-corrected chi connectivity index (χ0v) is 12.2. The van der Waals surface area contributed by atoms with Gasteiger partial charge in [0, 0.05) is 0 Å². The van der Waals surface area contributed by atoms with Crippen LogP contribution in [0.5, 0.6) is 0 Å². The van der Waals surface area contributed by atoms with Crippen LogP contribution in [0.3, 0.4) is 0 Å². The predicted octanol–water partition coefficient (Wildman–Crippen LogP) is 1.74. The molecule has 0 saturated carbocycles. The Morgan fingerprint density at radius 3 is 1.53 bits per heavy atom. The van der Waals surface area contributed by atoms with Crippen molar-refractivity contribution < 1.29 is 32.7 Å². The maximum atomic E-state index is 10.9. The van der Waals surface area contributed by atoms with Crippen molar-refractivity contribution in [1.29, 1.82) is 0 Å². The zero-order chi connectivity index (χ0) is 15.7. The standard InChI is InChI=1S/2C4H11N.CH3F2O5P/c2*1-2-3-4-5;2-1(3)7-8-9(4,5)6/h2*2-5H2,1H3;1H,(H2,4,5,6). The first kappa shape index (κ1) is 23.9. The number of halogens is 2. The molecule has 6 N–H and O–H groups in total. The number of nitrogens with two attached hydrogens (primary N) is 2. The molecule has 0 heterocycles. The largest absolute Gasteiger partial charge is 0.497 e. The normalized spacial score (nSPS) is 10.4. The molecule has 0 atom stereocenters. The highest BCUT2D eigenvalue weighted by Crippen LogP contribution is 2.36. The van der Waals surface area contributed by atoms with Gasteiger partial charge in [-0.05, 0) is 25.9 Å². The summed E-state index contributed by atoms with van der Waals surface area (Å²) >= 11 is 0. The molecule has 19 heavy (non-hydrogen) atoms. The molecule has 0 aromatic rings. The highest BCUT2D eigenvalue weighted by atomic mass is 31.2. The highest BCUT2D eigenvalue weighted by molar-refractivity contribution is 7.46. The minimum atomic E-state index is -4.92.